The van der Waals surface area contributed by atoms with Crippen molar-refractivity contribution in [3.05, 3.63) is 35.9 Å². The highest BCUT2D eigenvalue weighted by molar-refractivity contribution is 5.99. The van der Waals surface area contributed by atoms with Crippen LogP contribution in [-0.4, -0.2) is 58.6 Å². The molecular weight excluding hydrogens is 376 g/mol. The molecule has 1 amide bonds. The van der Waals surface area contributed by atoms with Crippen LogP contribution in [0.25, 0.3) is 5.52 Å². The lowest BCUT2D eigenvalue weighted by Crippen LogP contribution is -2.59. The van der Waals surface area contributed by atoms with Crippen LogP contribution in [0.1, 0.15) is 54.8 Å². The summed E-state index contributed by atoms with van der Waals surface area (Å²) in [7, 11) is 0. The molecule has 1 aliphatic heterocycles. The maximum Gasteiger partial charge on any atom is 0.272 e. The molecule has 1 saturated heterocycles. The molecule has 7 rings (SSSR count). The average Bonchev–Trinajstić information content (AvgIpc) is 3.11. The summed E-state index contributed by atoms with van der Waals surface area (Å²) in [5.41, 5.74) is 1.55. The van der Waals surface area contributed by atoms with Crippen LogP contribution >= 0.6 is 0 Å². The summed E-state index contributed by atoms with van der Waals surface area (Å²) < 4.78 is 7.56. The Bertz CT molecular complexity index is 911. The highest BCUT2D eigenvalue weighted by Crippen LogP contribution is 2.55. The number of imidazole rings is 1. The highest BCUT2D eigenvalue weighted by atomic mass is 16.5. The fraction of sp³-hybridized carbons (Fsp3) is 0.667. The van der Waals surface area contributed by atoms with Gasteiger partial charge in [0.15, 0.2) is 5.69 Å². The maximum absolute atomic E-state index is 13.4. The normalized spacial score (nSPS) is 33.3. The van der Waals surface area contributed by atoms with Crippen molar-refractivity contribution in [1.82, 2.24) is 19.6 Å². The standard InChI is InChI=1S/C24H32N4O2/c29-23(26-24-14-17-11-18(15-24)13-19(12-17)16-24)22-20-3-1-2-5-28(20)21(25-22)4-6-27-7-9-30-10-8-27/h1-3,5,17-19H,4,6-16H2,(H,26,29). The van der Waals surface area contributed by atoms with E-state index in [4.69, 9.17) is 9.72 Å². The van der Waals surface area contributed by atoms with E-state index in [-0.39, 0.29) is 11.4 Å². The summed E-state index contributed by atoms with van der Waals surface area (Å²) in [6.07, 6.45) is 10.5. The second kappa shape index (κ2) is 7.34. The van der Waals surface area contributed by atoms with Crippen molar-refractivity contribution < 1.29 is 9.53 Å². The minimum absolute atomic E-state index is 0.0184. The number of hydrogen-bond donors (Lipinski definition) is 1. The van der Waals surface area contributed by atoms with Crippen LogP contribution in [0.15, 0.2) is 24.4 Å². The Balaban J connectivity index is 1.23. The first kappa shape index (κ1) is 18.8. The fourth-order valence-corrected chi connectivity index (χ4v) is 7.09. The first-order valence-corrected chi connectivity index (χ1v) is 11.8. The summed E-state index contributed by atoms with van der Waals surface area (Å²) in [6.45, 7) is 4.51. The van der Waals surface area contributed by atoms with Gasteiger partial charge < -0.3 is 14.5 Å². The first-order chi connectivity index (χ1) is 14.7. The molecule has 4 aliphatic carbocycles. The van der Waals surface area contributed by atoms with E-state index in [1.807, 2.05) is 24.4 Å². The lowest BCUT2D eigenvalue weighted by molar-refractivity contribution is -0.0167. The molecule has 0 spiro atoms. The Kier molecular flexibility index (Phi) is 4.61. The molecule has 160 valence electrons. The molecule has 3 heterocycles. The molecule has 4 bridgehead atoms. The van der Waals surface area contributed by atoms with Crippen molar-refractivity contribution in [2.24, 2.45) is 17.8 Å². The number of carbonyl (C=O) groups excluding carboxylic acids is 1. The van der Waals surface area contributed by atoms with Crippen molar-refractivity contribution >= 4 is 11.4 Å². The van der Waals surface area contributed by atoms with Gasteiger partial charge in [-0.15, -0.1) is 0 Å². The van der Waals surface area contributed by atoms with Gasteiger partial charge in [0.25, 0.3) is 5.91 Å². The molecule has 6 heteroatoms. The van der Waals surface area contributed by atoms with Gasteiger partial charge >= 0.3 is 0 Å². The third-order valence-electron chi connectivity index (χ3n) is 8.01. The number of morpholine rings is 1. The summed E-state index contributed by atoms with van der Waals surface area (Å²) in [5.74, 6) is 3.46. The van der Waals surface area contributed by atoms with Gasteiger partial charge in [0.1, 0.15) is 5.82 Å². The van der Waals surface area contributed by atoms with Gasteiger partial charge in [-0.1, -0.05) is 6.07 Å². The molecule has 6 nitrogen and oxygen atoms in total. The summed E-state index contributed by atoms with van der Waals surface area (Å²) in [4.78, 5) is 20.7. The van der Waals surface area contributed by atoms with Crippen molar-refractivity contribution in [3.8, 4) is 0 Å². The van der Waals surface area contributed by atoms with E-state index in [0.29, 0.717) is 5.69 Å². The van der Waals surface area contributed by atoms with Crippen molar-refractivity contribution in [3.63, 3.8) is 0 Å². The third kappa shape index (κ3) is 3.34. The molecule has 0 unspecified atom stereocenters. The second-order valence-electron chi connectivity index (χ2n) is 10.2. The van der Waals surface area contributed by atoms with Crippen LogP contribution in [-0.2, 0) is 11.2 Å². The SMILES string of the molecule is O=C(NC12CC3CC(CC(C3)C1)C2)c1nc(CCN2CCOCC2)n2ccccc12. The smallest absolute Gasteiger partial charge is 0.272 e. The minimum atomic E-state index is 0.0184. The fourth-order valence-electron chi connectivity index (χ4n) is 7.09. The molecule has 0 aromatic carbocycles. The Labute approximate surface area is 178 Å². The van der Waals surface area contributed by atoms with E-state index in [2.05, 4.69) is 14.6 Å². The van der Waals surface area contributed by atoms with Crippen LogP contribution in [0.2, 0.25) is 0 Å². The minimum Gasteiger partial charge on any atom is -0.379 e. The molecule has 5 fully saturated rings. The van der Waals surface area contributed by atoms with Gasteiger partial charge in [0.2, 0.25) is 0 Å². The van der Waals surface area contributed by atoms with Gasteiger partial charge in [-0.25, -0.2) is 4.98 Å². The summed E-state index contributed by atoms with van der Waals surface area (Å²) in [5, 5.41) is 3.51. The number of pyridine rings is 1. The number of ether oxygens (including phenoxy) is 1. The molecule has 0 radical (unpaired) electrons. The molecule has 2 aromatic heterocycles. The van der Waals surface area contributed by atoms with E-state index >= 15 is 0 Å². The quantitative estimate of drug-likeness (QED) is 0.827. The predicted molar refractivity (Wildman–Crippen MR) is 115 cm³/mol. The Morgan fingerprint density at radius 2 is 1.80 bits per heavy atom. The zero-order valence-electron chi connectivity index (χ0n) is 17.7. The van der Waals surface area contributed by atoms with Gasteiger partial charge in [0.05, 0.1) is 18.7 Å². The van der Waals surface area contributed by atoms with Crippen molar-refractivity contribution in [2.75, 3.05) is 32.8 Å². The third-order valence-corrected chi connectivity index (χ3v) is 8.01. The largest absolute Gasteiger partial charge is 0.379 e. The molecular formula is C24H32N4O2. The van der Waals surface area contributed by atoms with Crippen molar-refractivity contribution in [2.45, 2.75) is 50.5 Å². The zero-order valence-corrected chi connectivity index (χ0v) is 17.7. The predicted octanol–water partition coefficient (Wildman–Crippen LogP) is 2.91. The molecule has 4 saturated carbocycles. The van der Waals surface area contributed by atoms with Gasteiger partial charge in [-0.3, -0.25) is 9.69 Å². The number of carbonyl (C=O) groups is 1. The van der Waals surface area contributed by atoms with Crippen molar-refractivity contribution in [1.29, 1.82) is 0 Å². The Morgan fingerprint density at radius 1 is 1.10 bits per heavy atom. The van der Waals surface area contributed by atoms with E-state index in [9.17, 15) is 4.79 Å². The van der Waals surface area contributed by atoms with Crippen LogP contribution in [0.4, 0.5) is 0 Å². The summed E-state index contributed by atoms with van der Waals surface area (Å²) >= 11 is 0. The maximum atomic E-state index is 13.4. The monoisotopic (exact) mass is 408 g/mol. The van der Waals surface area contributed by atoms with E-state index in [0.717, 1.165) is 68.4 Å². The van der Waals surface area contributed by atoms with E-state index < -0.39 is 0 Å². The number of fused-ring (bicyclic) bond motifs is 1. The number of nitrogens with one attached hydrogen (secondary N) is 1. The number of hydrogen-bond acceptors (Lipinski definition) is 4. The Hall–Kier alpha value is -1.92. The van der Waals surface area contributed by atoms with Gasteiger partial charge in [0, 0.05) is 37.8 Å². The summed E-state index contributed by atoms with van der Waals surface area (Å²) in [6, 6.07) is 6.05. The number of aromatic nitrogens is 2. The molecule has 2 aromatic rings. The second-order valence-corrected chi connectivity index (χ2v) is 10.2. The van der Waals surface area contributed by atoms with Crippen LogP contribution in [0, 0.1) is 17.8 Å². The molecule has 1 N–H and O–H groups in total. The van der Waals surface area contributed by atoms with Gasteiger partial charge in [-0.05, 0) is 68.4 Å². The molecule has 30 heavy (non-hydrogen) atoms. The topological polar surface area (TPSA) is 58.9 Å². The van der Waals surface area contributed by atoms with Crippen LogP contribution in [0.5, 0.6) is 0 Å². The first-order valence-electron chi connectivity index (χ1n) is 11.8. The number of nitrogens with zero attached hydrogens (tertiary/aromatic N) is 3. The lowest BCUT2D eigenvalue weighted by Gasteiger charge is -2.56. The lowest BCUT2D eigenvalue weighted by atomic mass is 9.53. The number of amides is 1. The molecule has 0 atom stereocenters. The number of rotatable bonds is 5. The van der Waals surface area contributed by atoms with E-state index in [1.54, 1.807) is 0 Å². The van der Waals surface area contributed by atoms with Gasteiger partial charge in [-0.2, -0.15) is 0 Å². The van der Waals surface area contributed by atoms with E-state index in [1.165, 1.54) is 38.5 Å². The average molecular weight is 409 g/mol. The Morgan fingerprint density at radius 3 is 2.50 bits per heavy atom. The van der Waals surface area contributed by atoms with Crippen LogP contribution < -0.4 is 5.32 Å². The van der Waals surface area contributed by atoms with Crippen LogP contribution in [0.3, 0.4) is 0 Å². The zero-order chi connectivity index (χ0) is 20.1. The molecule has 5 aliphatic rings. The highest BCUT2D eigenvalue weighted by Gasteiger charge is 2.51.